The molecule has 55 heavy (non-hydrogen) atoms. The van der Waals surface area contributed by atoms with E-state index in [4.69, 9.17) is 14.7 Å². The van der Waals surface area contributed by atoms with E-state index in [1.54, 1.807) is 0 Å². The second-order valence-corrected chi connectivity index (χ2v) is 14.2. The van der Waals surface area contributed by atoms with E-state index in [-0.39, 0.29) is 0 Å². The topological polar surface area (TPSA) is 44.9 Å². The maximum Gasteiger partial charge on any atom is 0.235 e. The van der Waals surface area contributed by atoms with Crippen molar-refractivity contribution in [1.82, 2.24) is 19.1 Å². The molecule has 0 spiro atoms. The monoisotopic (exact) mass is 702 g/mol. The van der Waals surface area contributed by atoms with Crippen LogP contribution < -0.4 is 4.74 Å². The smallest absolute Gasteiger partial charge is 0.235 e. The average Bonchev–Trinajstić information content (AvgIpc) is 3.76. The summed E-state index contributed by atoms with van der Waals surface area (Å²) in [6.45, 7) is 0. The van der Waals surface area contributed by atoms with Crippen molar-refractivity contribution in [2.75, 3.05) is 0 Å². The van der Waals surface area contributed by atoms with Crippen LogP contribution in [0.4, 0.5) is 0 Å². The van der Waals surface area contributed by atoms with Crippen molar-refractivity contribution in [1.29, 1.82) is 0 Å². The lowest BCUT2D eigenvalue weighted by atomic mass is 10.0. The second kappa shape index (κ2) is 11.5. The van der Waals surface area contributed by atoms with Gasteiger partial charge in [-0.1, -0.05) is 109 Å². The minimum Gasteiger partial charge on any atom is -0.456 e. The Morgan fingerprint density at radius 2 is 0.945 bits per heavy atom. The molecule has 0 atom stereocenters. The maximum atomic E-state index is 6.28. The lowest BCUT2D eigenvalue weighted by molar-refractivity contribution is 0.486. The van der Waals surface area contributed by atoms with E-state index >= 15 is 0 Å². The number of fused-ring (bicyclic) bond motifs is 8. The van der Waals surface area contributed by atoms with Gasteiger partial charge in [0.05, 0.1) is 38.7 Å². The number of rotatable bonds is 4. The predicted octanol–water partition coefficient (Wildman–Crippen LogP) is 12.9. The number of aromatic nitrogens is 4. The van der Waals surface area contributed by atoms with Gasteiger partial charge in [-0.3, -0.25) is 4.57 Å². The summed E-state index contributed by atoms with van der Waals surface area (Å²) in [7, 11) is 0. The molecule has 12 rings (SSSR count). The summed E-state index contributed by atoms with van der Waals surface area (Å²) in [4.78, 5) is 10.4. The Morgan fingerprint density at radius 3 is 1.69 bits per heavy atom. The first-order valence-corrected chi connectivity index (χ1v) is 18.6. The molecule has 4 heterocycles. The van der Waals surface area contributed by atoms with Gasteiger partial charge in [-0.2, -0.15) is 0 Å². The van der Waals surface area contributed by atoms with E-state index in [0.29, 0.717) is 5.95 Å². The third-order valence-electron chi connectivity index (χ3n) is 11.1. The predicted molar refractivity (Wildman–Crippen MR) is 225 cm³/mol. The van der Waals surface area contributed by atoms with Crippen molar-refractivity contribution in [2.24, 2.45) is 0 Å². The van der Waals surface area contributed by atoms with Crippen molar-refractivity contribution in [2.45, 2.75) is 0 Å². The van der Waals surface area contributed by atoms with Gasteiger partial charge in [0.15, 0.2) is 0 Å². The first kappa shape index (κ1) is 30.0. The Morgan fingerprint density at radius 1 is 0.382 bits per heavy atom. The SMILES string of the molecule is c1ccc(-c2ccc(-n3c4ccccc4c4cc(-c5ccc6c(c5)c5ccccc5n6-c5nc6c7c(cccc7n5)Oc5ccccc5-6)ccc43)cc2)cc1. The summed E-state index contributed by atoms with van der Waals surface area (Å²) in [6, 6.07) is 64.5. The zero-order valence-corrected chi connectivity index (χ0v) is 29.5. The molecule has 1 aliphatic heterocycles. The summed E-state index contributed by atoms with van der Waals surface area (Å²) >= 11 is 0. The number of para-hydroxylation sites is 3. The highest BCUT2D eigenvalue weighted by Crippen LogP contribution is 2.46. The van der Waals surface area contributed by atoms with Gasteiger partial charge < -0.3 is 9.30 Å². The number of nitrogens with zero attached hydrogens (tertiary/aromatic N) is 4. The molecule has 0 radical (unpaired) electrons. The molecule has 5 heteroatoms. The summed E-state index contributed by atoms with van der Waals surface area (Å²) in [5, 5.41) is 5.71. The minimum atomic E-state index is 0.640. The third-order valence-corrected chi connectivity index (χ3v) is 11.1. The molecule has 0 bridgehead atoms. The fourth-order valence-electron chi connectivity index (χ4n) is 8.62. The van der Waals surface area contributed by atoms with Crippen molar-refractivity contribution in [3.63, 3.8) is 0 Å². The van der Waals surface area contributed by atoms with Gasteiger partial charge in [-0.15, -0.1) is 0 Å². The van der Waals surface area contributed by atoms with Crippen LogP contribution in [0, 0.1) is 0 Å². The zero-order valence-electron chi connectivity index (χ0n) is 29.5. The highest BCUT2D eigenvalue weighted by Gasteiger charge is 2.24. The molecule has 0 saturated carbocycles. The van der Waals surface area contributed by atoms with Gasteiger partial charge in [-0.05, 0) is 95.1 Å². The molecule has 0 N–H and O–H groups in total. The van der Waals surface area contributed by atoms with Crippen LogP contribution in [-0.4, -0.2) is 19.1 Å². The quantitative estimate of drug-likeness (QED) is 0.183. The van der Waals surface area contributed by atoms with Crippen LogP contribution in [0.25, 0.3) is 99.7 Å². The number of hydrogen-bond donors (Lipinski definition) is 0. The van der Waals surface area contributed by atoms with E-state index in [2.05, 4.69) is 155 Å². The molecule has 11 aromatic rings. The van der Waals surface area contributed by atoms with Crippen molar-refractivity contribution in [3.8, 4) is 56.6 Å². The van der Waals surface area contributed by atoms with Gasteiger partial charge in [0.25, 0.3) is 0 Å². The fourth-order valence-corrected chi connectivity index (χ4v) is 8.62. The van der Waals surface area contributed by atoms with E-state index in [1.807, 2.05) is 36.4 Å². The fraction of sp³-hybridized carbons (Fsp3) is 0. The zero-order chi connectivity index (χ0) is 36.0. The van der Waals surface area contributed by atoms with E-state index in [1.165, 1.54) is 38.5 Å². The Kier molecular flexibility index (Phi) is 6.27. The molecule has 0 unspecified atom stereocenters. The lowest BCUT2D eigenvalue weighted by Gasteiger charge is -2.20. The van der Waals surface area contributed by atoms with Gasteiger partial charge >= 0.3 is 0 Å². The van der Waals surface area contributed by atoms with E-state index in [9.17, 15) is 0 Å². The Labute approximate surface area is 316 Å². The lowest BCUT2D eigenvalue weighted by Crippen LogP contribution is -2.06. The highest BCUT2D eigenvalue weighted by molar-refractivity contribution is 6.13. The molecule has 0 amide bonds. The van der Waals surface area contributed by atoms with Gasteiger partial charge in [0, 0.05) is 32.8 Å². The molecule has 256 valence electrons. The second-order valence-electron chi connectivity index (χ2n) is 14.2. The Hall–Kier alpha value is -7.50. The first-order chi connectivity index (χ1) is 27.3. The summed E-state index contributed by atoms with van der Waals surface area (Å²) < 4.78 is 10.9. The molecule has 5 nitrogen and oxygen atoms in total. The number of hydrogen-bond acceptors (Lipinski definition) is 3. The van der Waals surface area contributed by atoms with Crippen LogP contribution in [0.15, 0.2) is 182 Å². The van der Waals surface area contributed by atoms with Crippen LogP contribution in [0.2, 0.25) is 0 Å². The van der Waals surface area contributed by atoms with Crippen molar-refractivity contribution < 1.29 is 4.74 Å². The first-order valence-electron chi connectivity index (χ1n) is 18.6. The largest absolute Gasteiger partial charge is 0.456 e. The number of ether oxygens (including phenoxy) is 1. The minimum absolute atomic E-state index is 0.640. The Balaban J connectivity index is 1.01. The number of benzene rings is 8. The molecule has 8 aromatic carbocycles. The van der Waals surface area contributed by atoms with Gasteiger partial charge in [0.1, 0.15) is 11.5 Å². The molecule has 0 fully saturated rings. The summed E-state index contributed by atoms with van der Waals surface area (Å²) in [5.74, 6) is 2.23. The summed E-state index contributed by atoms with van der Waals surface area (Å²) in [6.07, 6.45) is 0. The third kappa shape index (κ3) is 4.47. The highest BCUT2D eigenvalue weighted by atomic mass is 16.5. The van der Waals surface area contributed by atoms with Crippen LogP contribution in [0.3, 0.4) is 0 Å². The van der Waals surface area contributed by atoms with Crippen molar-refractivity contribution >= 4 is 54.5 Å². The van der Waals surface area contributed by atoms with Gasteiger partial charge in [-0.25, -0.2) is 9.97 Å². The van der Waals surface area contributed by atoms with E-state index < -0.39 is 0 Å². The molecule has 0 saturated heterocycles. The molecular formula is C50H30N4O. The van der Waals surface area contributed by atoms with Crippen molar-refractivity contribution in [3.05, 3.63) is 182 Å². The molecular weight excluding hydrogens is 673 g/mol. The van der Waals surface area contributed by atoms with E-state index in [0.717, 1.165) is 66.7 Å². The van der Waals surface area contributed by atoms with Crippen LogP contribution in [0.5, 0.6) is 11.5 Å². The van der Waals surface area contributed by atoms with Crippen LogP contribution in [0.1, 0.15) is 0 Å². The Bertz CT molecular complexity index is 3340. The van der Waals surface area contributed by atoms with Gasteiger partial charge in [0.2, 0.25) is 5.95 Å². The molecule has 1 aliphatic rings. The standard InChI is InChI=1S/C50H30N4O/c1-2-11-31(12-3-1)32-21-25-35(26-22-32)53-42-17-7-4-13-36(42)39-29-33(23-27-44(39)53)34-24-28-45-40(30-34)37-14-5-8-18-43(37)54(45)50-51-41-16-10-20-47-48(41)49(52-50)38-15-6-9-19-46(38)55-47/h1-30H. The van der Waals surface area contributed by atoms with Crippen LogP contribution in [-0.2, 0) is 0 Å². The van der Waals surface area contributed by atoms with Crippen LogP contribution >= 0.6 is 0 Å². The normalized spacial score (nSPS) is 12.1. The average molecular weight is 703 g/mol. The summed E-state index contributed by atoms with van der Waals surface area (Å²) in [5.41, 5.74) is 13.1. The molecule has 3 aromatic heterocycles. The molecule has 0 aliphatic carbocycles. The maximum absolute atomic E-state index is 6.28.